The zero-order valence-electron chi connectivity index (χ0n) is 9.26. The van der Waals surface area contributed by atoms with Crippen LogP contribution in [-0.2, 0) is 14.3 Å². The first-order valence-electron chi connectivity index (χ1n) is 4.78. The van der Waals surface area contributed by atoms with Crippen LogP contribution in [0.25, 0.3) is 0 Å². The minimum Gasteiger partial charge on any atom is -0.466 e. The van der Waals surface area contributed by atoms with E-state index < -0.39 is 0 Å². The minimum absolute atomic E-state index is 0.0593. The van der Waals surface area contributed by atoms with Crippen molar-refractivity contribution in [2.24, 2.45) is 0 Å². The lowest BCUT2D eigenvalue weighted by atomic mass is 10.3. The number of carbonyl (C=O) groups is 1. The molecule has 0 saturated carbocycles. The first-order valence-corrected chi connectivity index (χ1v) is 4.78. The van der Waals surface area contributed by atoms with Gasteiger partial charge in [0.15, 0.2) is 0 Å². The van der Waals surface area contributed by atoms with Crippen LogP contribution in [0.1, 0.15) is 39.5 Å². The molecule has 0 N–H and O–H groups in total. The average molecular weight is 190 g/mol. The van der Waals surface area contributed by atoms with Crippen molar-refractivity contribution in [2.45, 2.75) is 39.5 Å². The van der Waals surface area contributed by atoms with Gasteiger partial charge in [-0.2, -0.15) is 0 Å². The summed E-state index contributed by atoms with van der Waals surface area (Å²) in [6.07, 6.45) is 3.50. The molecule has 0 unspecified atom stereocenters. The molecule has 13 heavy (non-hydrogen) atoms. The third-order valence-electron chi connectivity index (χ3n) is 1.22. The van der Waals surface area contributed by atoms with E-state index in [1.807, 2.05) is 6.92 Å². The number of esters is 1. The largest absolute Gasteiger partial charge is 0.466 e. The first-order chi connectivity index (χ1) is 6.22. The van der Waals surface area contributed by atoms with E-state index >= 15 is 0 Å². The Bertz CT molecular complexity index is 102. The molecule has 0 aromatic rings. The van der Waals surface area contributed by atoms with Crippen molar-refractivity contribution >= 4 is 5.97 Å². The van der Waals surface area contributed by atoms with E-state index in [1.54, 1.807) is 14.2 Å². The molecule has 0 radical (unpaired) electrons. The van der Waals surface area contributed by atoms with E-state index in [2.05, 4.69) is 11.7 Å². The molecule has 0 aromatic heterocycles. The van der Waals surface area contributed by atoms with Crippen LogP contribution in [0.15, 0.2) is 0 Å². The summed E-state index contributed by atoms with van der Waals surface area (Å²) in [5.41, 5.74) is 0. The summed E-state index contributed by atoms with van der Waals surface area (Å²) >= 11 is 0. The van der Waals surface area contributed by atoms with Crippen molar-refractivity contribution in [3.63, 3.8) is 0 Å². The molecule has 3 heteroatoms. The molecule has 0 aliphatic rings. The molecule has 0 aliphatic heterocycles. The maximum Gasteiger partial charge on any atom is 0.305 e. The normalized spacial score (nSPS) is 8.62. The highest BCUT2D eigenvalue weighted by Gasteiger charge is 1.97. The van der Waals surface area contributed by atoms with Gasteiger partial charge in [-0.3, -0.25) is 4.79 Å². The summed E-state index contributed by atoms with van der Waals surface area (Å²) in [5, 5.41) is 0. The highest BCUT2D eigenvalue weighted by molar-refractivity contribution is 5.69. The lowest BCUT2D eigenvalue weighted by Crippen LogP contribution is -2.04. The van der Waals surface area contributed by atoms with Crippen LogP contribution >= 0.6 is 0 Å². The number of unbranched alkanes of at least 4 members (excludes halogenated alkanes) is 1. The van der Waals surface area contributed by atoms with Crippen LogP contribution in [0.5, 0.6) is 0 Å². The lowest BCUT2D eigenvalue weighted by Gasteiger charge is -2.00. The van der Waals surface area contributed by atoms with E-state index in [0.29, 0.717) is 13.0 Å². The summed E-state index contributed by atoms with van der Waals surface area (Å²) in [6, 6.07) is 0. The Kier molecular flexibility index (Phi) is 16.1. The number of hydrogen-bond donors (Lipinski definition) is 0. The van der Waals surface area contributed by atoms with Gasteiger partial charge in [0.05, 0.1) is 6.61 Å². The quantitative estimate of drug-likeness (QED) is 0.493. The van der Waals surface area contributed by atoms with Gasteiger partial charge in [0.25, 0.3) is 0 Å². The van der Waals surface area contributed by atoms with Crippen LogP contribution in [0.3, 0.4) is 0 Å². The Labute approximate surface area is 81.4 Å². The van der Waals surface area contributed by atoms with E-state index in [4.69, 9.17) is 4.74 Å². The molecule has 80 valence electrons. The van der Waals surface area contributed by atoms with Crippen molar-refractivity contribution in [1.82, 2.24) is 0 Å². The zero-order chi connectivity index (χ0) is 10.5. The summed E-state index contributed by atoms with van der Waals surface area (Å²) in [6.45, 7) is 4.64. The van der Waals surface area contributed by atoms with Crippen molar-refractivity contribution in [3.05, 3.63) is 0 Å². The Hall–Kier alpha value is -0.570. The molecule has 0 rings (SSSR count). The molecule has 0 spiro atoms. The molecular weight excluding hydrogens is 168 g/mol. The third kappa shape index (κ3) is 18.4. The molecule has 0 aliphatic carbocycles. The van der Waals surface area contributed by atoms with Crippen LogP contribution in [-0.4, -0.2) is 26.8 Å². The number of rotatable bonds is 5. The molecule has 0 amide bonds. The molecule has 0 fully saturated rings. The highest BCUT2D eigenvalue weighted by Crippen LogP contribution is 1.93. The summed E-state index contributed by atoms with van der Waals surface area (Å²) in [5.74, 6) is -0.0593. The molecule has 0 aromatic carbocycles. The van der Waals surface area contributed by atoms with E-state index in [9.17, 15) is 4.79 Å². The predicted molar refractivity (Wildman–Crippen MR) is 53.7 cm³/mol. The number of ether oxygens (including phenoxy) is 2. The predicted octanol–water partition coefficient (Wildman–Crippen LogP) is 2.39. The number of methoxy groups -OCH3 is 1. The van der Waals surface area contributed by atoms with Gasteiger partial charge in [0.1, 0.15) is 0 Å². The third-order valence-corrected chi connectivity index (χ3v) is 1.22. The number of hydrogen-bond acceptors (Lipinski definition) is 3. The topological polar surface area (TPSA) is 35.5 Å². The van der Waals surface area contributed by atoms with Crippen LogP contribution in [0.4, 0.5) is 0 Å². The van der Waals surface area contributed by atoms with Crippen molar-refractivity contribution < 1.29 is 14.3 Å². The van der Waals surface area contributed by atoms with Crippen molar-refractivity contribution in [2.75, 3.05) is 20.8 Å². The van der Waals surface area contributed by atoms with Gasteiger partial charge in [-0.05, 0) is 12.8 Å². The Morgan fingerprint density at radius 3 is 2.08 bits per heavy atom. The zero-order valence-corrected chi connectivity index (χ0v) is 9.26. The maximum absolute atomic E-state index is 10.7. The Morgan fingerprint density at radius 2 is 1.69 bits per heavy atom. The Balaban J connectivity index is 0. The molecule has 0 atom stereocenters. The van der Waals surface area contributed by atoms with Gasteiger partial charge < -0.3 is 9.47 Å². The van der Waals surface area contributed by atoms with Gasteiger partial charge in [-0.15, -0.1) is 0 Å². The second-order valence-corrected chi connectivity index (χ2v) is 2.73. The van der Waals surface area contributed by atoms with E-state index in [0.717, 1.165) is 19.3 Å². The molecule has 0 saturated heterocycles. The molecule has 0 heterocycles. The fourth-order valence-electron chi connectivity index (χ4n) is 0.607. The van der Waals surface area contributed by atoms with E-state index in [-0.39, 0.29) is 5.97 Å². The van der Waals surface area contributed by atoms with Crippen LogP contribution in [0.2, 0.25) is 0 Å². The maximum atomic E-state index is 10.7. The van der Waals surface area contributed by atoms with Crippen LogP contribution < -0.4 is 0 Å². The molecule has 3 nitrogen and oxygen atoms in total. The SMILES string of the molecule is CCCCOC(=O)CCC.COC. The lowest BCUT2D eigenvalue weighted by molar-refractivity contribution is -0.143. The van der Waals surface area contributed by atoms with Crippen LogP contribution in [0, 0.1) is 0 Å². The minimum atomic E-state index is -0.0593. The molecule has 0 bridgehead atoms. The second kappa shape index (κ2) is 14.0. The van der Waals surface area contributed by atoms with Gasteiger partial charge >= 0.3 is 5.97 Å². The smallest absolute Gasteiger partial charge is 0.305 e. The number of carbonyl (C=O) groups excluding carboxylic acids is 1. The Morgan fingerprint density at radius 1 is 1.15 bits per heavy atom. The first kappa shape index (κ1) is 14.9. The average Bonchev–Trinajstić information content (AvgIpc) is 2.07. The van der Waals surface area contributed by atoms with E-state index in [1.165, 1.54) is 0 Å². The van der Waals surface area contributed by atoms with Gasteiger partial charge in [-0.1, -0.05) is 20.3 Å². The fourth-order valence-corrected chi connectivity index (χ4v) is 0.607. The monoisotopic (exact) mass is 190 g/mol. The highest BCUT2D eigenvalue weighted by atomic mass is 16.5. The second-order valence-electron chi connectivity index (χ2n) is 2.73. The van der Waals surface area contributed by atoms with Gasteiger partial charge in [-0.25, -0.2) is 0 Å². The van der Waals surface area contributed by atoms with Crippen molar-refractivity contribution in [3.8, 4) is 0 Å². The molecular formula is C10H22O3. The summed E-state index contributed by atoms with van der Waals surface area (Å²) < 4.78 is 9.13. The van der Waals surface area contributed by atoms with Gasteiger partial charge in [0.2, 0.25) is 0 Å². The van der Waals surface area contributed by atoms with Crippen molar-refractivity contribution in [1.29, 1.82) is 0 Å². The summed E-state index contributed by atoms with van der Waals surface area (Å²) in [4.78, 5) is 10.7. The summed E-state index contributed by atoms with van der Waals surface area (Å²) in [7, 11) is 3.25. The van der Waals surface area contributed by atoms with Gasteiger partial charge in [0, 0.05) is 20.6 Å². The fraction of sp³-hybridized carbons (Fsp3) is 0.900. The standard InChI is InChI=1S/C8H16O2.C2H6O/c1-3-5-7-10-8(9)6-4-2;1-3-2/h3-7H2,1-2H3;1-2H3.